The molecule has 0 radical (unpaired) electrons. The Balaban J connectivity index is 2.27. The maximum atomic E-state index is 6.08. The lowest BCUT2D eigenvalue weighted by Crippen LogP contribution is -2.06. The lowest BCUT2D eigenvalue weighted by Gasteiger charge is -2.13. The van der Waals surface area contributed by atoms with E-state index < -0.39 is 0 Å². The van der Waals surface area contributed by atoms with Crippen molar-refractivity contribution in [1.82, 2.24) is 15.2 Å². The molecule has 0 atom stereocenters. The van der Waals surface area contributed by atoms with E-state index in [1.807, 2.05) is 0 Å². The molecule has 7 nitrogen and oxygen atoms in total. The van der Waals surface area contributed by atoms with E-state index in [1.54, 1.807) is 32.4 Å². The number of nitrogens with zero attached hydrogens (tertiary/aromatic N) is 3. The van der Waals surface area contributed by atoms with E-state index in [0.717, 1.165) is 0 Å². The second kappa shape index (κ2) is 7.46. The Morgan fingerprint density at radius 2 is 2.05 bits per heavy atom. The summed E-state index contributed by atoms with van der Waals surface area (Å²) in [6.45, 7) is 4.16. The highest BCUT2D eigenvalue weighted by molar-refractivity contribution is 6.32. The topological polar surface area (TPSA) is 81.2 Å². The van der Waals surface area contributed by atoms with Gasteiger partial charge < -0.3 is 20.1 Å². The van der Waals surface area contributed by atoms with E-state index in [2.05, 4.69) is 32.4 Å². The average molecular weight is 322 g/mol. The van der Waals surface area contributed by atoms with Crippen molar-refractivity contribution in [2.24, 2.45) is 0 Å². The minimum atomic E-state index is 0.393. The van der Waals surface area contributed by atoms with Crippen molar-refractivity contribution < 1.29 is 9.47 Å². The first-order chi connectivity index (χ1) is 10.7. The van der Waals surface area contributed by atoms with Crippen molar-refractivity contribution >= 4 is 29.1 Å². The highest BCUT2D eigenvalue weighted by Crippen LogP contribution is 2.36. The summed E-state index contributed by atoms with van der Waals surface area (Å²) in [4.78, 5) is 4.29. The smallest absolute Gasteiger partial charge is 0.244 e. The van der Waals surface area contributed by atoms with Crippen LogP contribution >= 0.6 is 11.6 Å². The molecular weight excluding hydrogens is 306 g/mol. The lowest BCUT2D eigenvalue weighted by molar-refractivity contribution is 0.405. The van der Waals surface area contributed by atoms with Crippen LogP contribution in [0, 0.1) is 0 Å². The molecule has 0 bridgehead atoms. The molecule has 0 spiro atoms. The van der Waals surface area contributed by atoms with E-state index in [0.29, 0.717) is 40.5 Å². The van der Waals surface area contributed by atoms with Gasteiger partial charge in [0.15, 0.2) is 5.82 Å². The number of rotatable bonds is 7. The van der Waals surface area contributed by atoms with Gasteiger partial charge in [0.2, 0.25) is 5.95 Å². The van der Waals surface area contributed by atoms with Crippen LogP contribution in [0.25, 0.3) is 0 Å². The summed E-state index contributed by atoms with van der Waals surface area (Å²) in [6, 6.07) is 3.38. The van der Waals surface area contributed by atoms with Gasteiger partial charge in [-0.3, -0.25) is 0 Å². The third kappa shape index (κ3) is 3.76. The normalized spacial score (nSPS) is 9.95. The number of hydrogen-bond acceptors (Lipinski definition) is 7. The fraction of sp³-hybridized carbons (Fsp3) is 0.214. The molecule has 0 aliphatic heterocycles. The SMILES string of the molecule is C=CCNc1nncc(Nc2cc(OC)c(Cl)cc2OC)n1. The molecule has 0 saturated carbocycles. The largest absolute Gasteiger partial charge is 0.495 e. The standard InChI is InChI=1S/C14H16ClN5O2/c1-4-5-16-14-19-13(8-17-20-14)18-10-7-11(21-2)9(15)6-12(10)22-3/h4,6-8H,1,5H2,2-3H3,(H2,16,18,19,20). The van der Waals surface area contributed by atoms with Crippen LogP contribution in [-0.4, -0.2) is 35.9 Å². The molecule has 116 valence electrons. The van der Waals surface area contributed by atoms with Crippen molar-refractivity contribution in [2.45, 2.75) is 0 Å². The van der Waals surface area contributed by atoms with Crippen LogP contribution in [0.1, 0.15) is 0 Å². The molecule has 2 aromatic rings. The van der Waals surface area contributed by atoms with Crippen molar-refractivity contribution in [3.63, 3.8) is 0 Å². The third-order valence-electron chi connectivity index (χ3n) is 2.70. The summed E-state index contributed by atoms with van der Waals surface area (Å²) in [5.41, 5.74) is 0.652. The van der Waals surface area contributed by atoms with Gasteiger partial charge in [-0.2, -0.15) is 10.1 Å². The first kappa shape index (κ1) is 15.8. The second-order valence-corrected chi connectivity index (χ2v) is 4.55. The number of methoxy groups -OCH3 is 2. The molecule has 0 aliphatic carbocycles. The van der Waals surface area contributed by atoms with E-state index in [1.165, 1.54) is 6.20 Å². The van der Waals surface area contributed by atoms with Gasteiger partial charge in [0.1, 0.15) is 11.5 Å². The van der Waals surface area contributed by atoms with Crippen LogP contribution in [-0.2, 0) is 0 Å². The minimum Gasteiger partial charge on any atom is -0.495 e. The Hall–Kier alpha value is -2.54. The number of nitrogens with one attached hydrogen (secondary N) is 2. The summed E-state index contributed by atoms with van der Waals surface area (Å²) < 4.78 is 10.5. The number of aromatic nitrogens is 3. The van der Waals surface area contributed by atoms with E-state index in [9.17, 15) is 0 Å². The number of hydrogen-bond donors (Lipinski definition) is 2. The van der Waals surface area contributed by atoms with Crippen LogP contribution in [0.15, 0.2) is 31.0 Å². The number of ether oxygens (including phenoxy) is 2. The molecule has 0 fully saturated rings. The van der Waals surface area contributed by atoms with Crippen LogP contribution < -0.4 is 20.1 Å². The summed E-state index contributed by atoms with van der Waals surface area (Å²) in [5, 5.41) is 14.3. The van der Waals surface area contributed by atoms with Gasteiger partial charge in [-0.25, -0.2) is 0 Å². The van der Waals surface area contributed by atoms with Crippen LogP contribution in [0.4, 0.5) is 17.5 Å². The molecule has 0 amide bonds. The maximum absolute atomic E-state index is 6.08. The van der Waals surface area contributed by atoms with Crippen molar-refractivity contribution in [3.05, 3.63) is 36.0 Å². The zero-order valence-electron chi connectivity index (χ0n) is 12.3. The Labute approximate surface area is 133 Å². The summed E-state index contributed by atoms with van der Waals surface area (Å²) in [5.74, 6) is 1.98. The number of halogens is 1. The third-order valence-corrected chi connectivity index (χ3v) is 3.00. The van der Waals surface area contributed by atoms with Crippen LogP contribution in [0.2, 0.25) is 5.02 Å². The lowest BCUT2D eigenvalue weighted by atomic mass is 10.2. The number of anilines is 3. The van der Waals surface area contributed by atoms with E-state index in [4.69, 9.17) is 21.1 Å². The van der Waals surface area contributed by atoms with Crippen LogP contribution in [0.5, 0.6) is 11.5 Å². The van der Waals surface area contributed by atoms with Gasteiger partial charge in [-0.1, -0.05) is 17.7 Å². The summed E-state index contributed by atoms with van der Waals surface area (Å²) in [7, 11) is 3.10. The van der Waals surface area contributed by atoms with Gasteiger partial charge in [-0.05, 0) is 0 Å². The zero-order valence-corrected chi connectivity index (χ0v) is 13.0. The Morgan fingerprint density at radius 3 is 2.73 bits per heavy atom. The molecule has 22 heavy (non-hydrogen) atoms. The molecule has 2 rings (SSSR count). The van der Waals surface area contributed by atoms with Crippen molar-refractivity contribution in [3.8, 4) is 11.5 Å². The maximum Gasteiger partial charge on any atom is 0.244 e. The van der Waals surface area contributed by atoms with Gasteiger partial charge in [0.25, 0.3) is 0 Å². The molecule has 1 heterocycles. The molecular formula is C14H16ClN5O2. The number of benzene rings is 1. The highest BCUT2D eigenvalue weighted by atomic mass is 35.5. The Bertz CT molecular complexity index is 666. The van der Waals surface area contributed by atoms with E-state index >= 15 is 0 Å². The predicted molar refractivity (Wildman–Crippen MR) is 86.4 cm³/mol. The average Bonchev–Trinajstić information content (AvgIpc) is 2.54. The van der Waals surface area contributed by atoms with Crippen LogP contribution in [0.3, 0.4) is 0 Å². The van der Waals surface area contributed by atoms with Crippen molar-refractivity contribution in [1.29, 1.82) is 0 Å². The van der Waals surface area contributed by atoms with Gasteiger partial charge in [-0.15, -0.1) is 11.7 Å². The first-order valence-electron chi connectivity index (χ1n) is 6.41. The monoisotopic (exact) mass is 321 g/mol. The van der Waals surface area contributed by atoms with Gasteiger partial charge in [0.05, 0.1) is 31.1 Å². The van der Waals surface area contributed by atoms with Gasteiger partial charge in [0, 0.05) is 18.7 Å². The molecule has 1 aromatic heterocycles. The Kier molecular flexibility index (Phi) is 5.37. The molecule has 1 aromatic carbocycles. The predicted octanol–water partition coefficient (Wildman–Crippen LogP) is 2.88. The second-order valence-electron chi connectivity index (χ2n) is 4.15. The summed E-state index contributed by atoms with van der Waals surface area (Å²) in [6.07, 6.45) is 3.20. The molecule has 2 N–H and O–H groups in total. The molecule has 0 aliphatic rings. The molecule has 0 saturated heterocycles. The molecule has 0 unspecified atom stereocenters. The molecule has 8 heteroatoms. The minimum absolute atomic E-state index is 0.393. The quantitative estimate of drug-likeness (QED) is 0.759. The van der Waals surface area contributed by atoms with Crippen molar-refractivity contribution in [2.75, 3.05) is 31.4 Å². The first-order valence-corrected chi connectivity index (χ1v) is 6.78. The zero-order chi connectivity index (χ0) is 15.9. The van der Waals surface area contributed by atoms with E-state index in [-0.39, 0.29) is 0 Å². The highest BCUT2D eigenvalue weighted by Gasteiger charge is 2.11. The fourth-order valence-corrected chi connectivity index (χ4v) is 1.93. The fourth-order valence-electron chi connectivity index (χ4n) is 1.70. The summed E-state index contributed by atoms with van der Waals surface area (Å²) >= 11 is 6.08. The van der Waals surface area contributed by atoms with Gasteiger partial charge >= 0.3 is 0 Å². The Morgan fingerprint density at radius 1 is 1.27 bits per heavy atom.